The third-order valence-electron chi connectivity index (χ3n) is 4.11. The first-order valence-electron chi connectivity index (χ1n) is 8.79. The van der Waals surface area contributed by atoms with Crippen LogP contribution in [0.3, 0.4) is 0 Å². The van der Waals surface area contributed by atoms with Crippen molar-refractivity contribution in [2.75, 3.05) is 21.2 Å². The third kappa shape index (κ3) is 5.00. The highest BCUT2D eigenvalue weighted by atomic mass is 32.2. The summed E-state index contributed by atoms with van der Waals surface area (Å²) in [5.74, 6) is -0.603. The van der Waals surface area contributed by atoms with Crippen LogP contribution in [0.5, 0.6) is 17.2 Å². The summed E-state index contributed by atoms with van der Waals surface area (Å²) >= 11 is 1.21. The highest BCUT2D eigenvalue weighted by Gasteiger charge is 2.35. The number of hydrogen-bond donors (Lipinski definition) is 0. The number of alkyl halides is 3. The average molecular weight is 447 g/mol. The van der Waals surface area contributed by atoms with E-state index in [1.54, 1.807) is 43.3 Å². The van der Waals surface area contributed by atoms with Gasteiger partial charge < -0.3 is 14.4 Å². The lowest BCUT2D eigenvalue weighted by atomic mass is 10.1. The zero-order valence-corrected chi connectivity index (χ0v) is 17.5. The average Bonchev–Trinajstić information content (AvgIpc) is 3.09. The van der Waals surface area contributed by atoms with Gasteiger partial charge in [0.2, 0.25) is 0 Å². The molecule has 0 aromatic heterocycles. The second-order valence-electron chi connectivity index (χ2n) is 6.54. The summed E-state index contributed by atoms with van der Waals surface area (Å²) in [6.45, 7) is 0. The van der Waals surface area contributed by atoms with Gasteiger partial charge >= 0.3 is 6.18 Å². The van der Waals surface area contributed by atoms with Gasteiger partial charge in [-0.25, -0.2) is 0 Å². The molecule has 0 radical (unpaired) electrons. The Labute approximate surface area is 180 Å². The molecule has 0 fully saturated rings. The number of methoxy groups -OCH3 is 1. The molecule has 1 aliphatic heterocycles. The Morgan fingerprint density at radius 2 is 1.84 bits per heavy atom. The molecule has 0 spiro atoms. The Hall–Kier alpha value is -3.45. The molecule has 2 aromatic rings. The van der Waals surface area contributed by atoms with E-state index in [1.807, 2.05) is 0 Å². The summed E-state index contributed by atoms with van der Waals surface area (Å²) in [5, 5.41) is 9.44. The number of benzene rings is 2. The molecular weight excluding hydrogens is 431 g/mol. The van der Waals surface area contributed by atoms with Crippen molar-refractivity contribution in [1.29, 1.82) is 5.26 Å². The van der Waals surface area contributed by atoms with Crippen molar-refractivity contribution >= 4 is 28.9 Å². The van der Waals surface area contributed by atoms with Gasteiger partial charge in [0.15, 0.2) is 16.7 Å². The minimum atomic E-state index is -4.70. The van der Waals surface area contributed by atoms with Crippen LogP contribution in [0.25, 0.3) is 6.08 Å². The van der Waals surface area contributed by atoms with E-state index in [1.165, 1.54) is 31.0 Å². The predicted octanol–water partition coefficient (Wildman–Crippen LogP) is 4.91. The minimum Gasteiger partial charge on any atom is -0.493 e. The SMILES string of the molecule is COc1cc(/C=C2/SC(N(C)C)=NC2=O)ccc1Oc1ccc(C#N)cc1C(F)(F)F. The Morgan fingerprint density at radius 3 is 2.42 bits per heavy atom. The van der Waals surface area contributed by atoms with Crippen LogP contribution in [-0.2, 0) is 11.0 Å². The lowest BCUT2D eigenvalue weighted by molar-refractivity contribution is -0.138. The van der Waals surface area contributed by atoms with Crippen molar-refractivity contribution in [2.24, 2.45) is 4.99 Å². The summed E-state index contributed by atoms with van der Waals surface area (Å²) in [4.78, 5) is 18.1. The molecule has 6 nitrogen and oxygen atoms in total. The highest BCUT2D eigenvalue weighted by Crippen LogP contribution is 2.41. The van der Waals surface area contributed by atoms with Crippen molar-refractivity contribution < 1.29 is 27.4 Å². The van der Waals surface area contributed by atoms with Crippen molar-refractivity contribution in [2.45, 2.75) is 6.18 Å². The van der Waals surface area contributed by atoms with E-state index in [2.05, 4.69) is 4.99 Å². The monoisotopic (exact) mass is 447 g/mol. The van der Waals surface area contributed by atoms with E-state index in [9.17, 15) is 18.0 Å². The van der Waals surface area contributed by atoms with Crippen molar-refractivity contribution in [1.82, 2.24) is 4.90 Å². The molecule has 160 valence electrons. The molecule has 10 heteroatoms. The normalized spacial score (nSPS) is 14.9. The third-order valence-corrected chi connectivity index (χ3v) is 5.26. The van der Waals surface area contributed by atoms with Crippen LogP contribution < -0.4 is 9.47 Å². The van der Waals surface area contributed by atoms with Gasteiger partial charge in [-0.2, -0.15) is 23.4 Å². The predicted molar refractivity (Wildman–Crippen MR) is 111 cm³/mol. The summed E-state index contributed by atoms with van der Waals surface area (Å²) in [6.07, 6.45) is -3.09. The molecule has 1 aliphatic rings. The van der Waals surface area contributed by atoms with Gasteiger partial charge in [0, 0.05) is 14.1 Å². The topological polar surface area (TPSA) is 74.9 Å². The Bertz CT molecular complexity index is 1130. The molecule has 0 N–H and O–H groups in total. The summed E-state index contributed by atoms with van der Waals surface area (Å²) in [7, 11) is 4.90. The zero-order chi connectivity index (χ0) is 22.8. The Kier molecular flexibility index (Phi) is 6.27. The van der Waals surface area contributed by atoms with Gasteiger partial charge in [0.1, 0.15) is 5.75 Å². The number of rotatable bonds is 4. The molecule has 2 aromatic carbocycles. The first-order chi connectivity index (χ1) is 14.6. The molecule has 1 heterocycles. The molecule has 3 rings (SSSR count). The van der Waals surface area contributed by atoms with E-state index in [0.717, 1.165) is 12.1 Å². The quantitative estimate of drug-likeness (QED) is 0.620. The smallest absolute Gasteiger partial charge is 0.420 e. The molecule has 0 saturated heterocycles. The lowest BCUT2D eigenvalue weighted by Crippen LogP contribution is -2.16. The molecule has 1 amide bonds. The molecule has 0 bridgehead atoms. The van der Waals surface area contributed by atoms with Crippen LogP contribution in [0.4, 0.5) is 13.2 Å². The van der Waals surface area contributed by atoms with Crippen LogP contribution in [0.2, 0.25) is 0 Å². The van der Waals surface area contributed by atoms with Gasteiger partial charge in [-0.15, -0.1) is 0 Å². The maximum atomic E-state index is 13.4. The van der Waals surface area contributed by atoms with Crippen LogP contribution in [0.1, 0.15) is 16.7 Å². The molecule has 0 saturated carbocycles. The molecule has 0 unspecified atom stereocenters. The second-order valence-corrected chi connectivity index (χ2v) is 7.55. The van der Waals surface area contributed by atoms with E-state index in [4.69, 9.17) is 14.7 Å². The largest absolute Gasteiger partial charge is 0.493 e. The van der Waals surface area contributed by atoms with Gasteiger partial charge in [0.25, 0.3) is 5.91 Å². The zero-order valence-electron chi connectivity index (χ0n) is 16.6. The first kappa shape index (κ1) is 22.2. The second kappa shape index (κ2) is 8.73. The number of halogens is 3. The number of ether oxygens (including phenoxy) is 2. The lowest BCUT2D eigenvalue weighted by Gasteiger charge is -2.16. The number of amides is 1. The Morgan fingerprint density at radius 1 is 1.13 bits per heavy atom. The first-order valence-corrected chi connectivity index (χ1v) is 9.61. The van der Waals surface area contributed by atoms with Gasteiger partial charge in [-0.05, 0) is 53.7 Å². The number of hydrogen-bond acceptors (Lipinski definition) is 6. The van der Waals surface area contributed by atoms with Crippen LogP contribution in [-0.4, -0.2) is 37.2 Å². The van der Waals surface area contributed by atoms with Crippen LogP contribution in [0.15, 0.2) is 46.3 Å². The maximum Gasteiger partial charge on any atom is 0.420 e. The van der Waals surface area contributed by atoms with Gasteiger partial charge in [-0.1, -0.05) is 6.07 Å². The fourth-order valence-corrected chi connectivity index (χ4v) is 3.46. The number of thioether (sulfide) groups is 1. The number of nitrogens with zero attached hydrogens (tertiary/aromatic N) is 3. The fourth-order valence-electron chi connectivity index (χ4n) is 2.63. The van der Waals surface area contributed by atoms with Crippen molar-refractivity contribution in [3.05, 3.63) is 58.0 Å². The highest BCUT2D eigenvalue weighted by molar-refractivity contribution is 8.18. The molecule has 31 heavy (non-hydrogen) atoms. The number of carbonyl (C=O) groups is 1. The van der Waals surface area contributed by atoms with E-state index < -0.39 is 17.5 Å². The number of carbonyl (C=O) groups excluding carboxylic acids is 1. The number of nitriles is 1. The van der Waals surface area contributed by atoms with E-state index in [-0.39, 0.29) is 23.0 Å². The molecule has 0 atom stereocenters. The number of aliphatic imine (C=N–C) groups is 1. The summed E-state index contributed by atoms with van der Waals surface area (Å²) < 4.78 is 50.9. The summed E-state index contributed by atoms with van der Waals surface area (Å²) in [5.41, 5.74) is -0.612. The fraction of sp³-hybridized carbons (Fsp3) is 0.190. The summed E-state index contributed by atoms with van der Waals surface area (Å²) in [6, 6.07) is 9.31. The molecular formula is C21H16F3N3O3S. The van der Waals surface area contributed by atoms with Gasteiger partial charge in [0.05, 0.1) is 29.2 Å². The Balaban J connectivity index is 1.92. The minimum absolute atomic E-state index is 0.0514. The van der Waals surface area contributed by atoms with E-state index in [0.29, 0.717) is 15.6 Å². The standard InChI is InChI=1S/C21H16F3N3O3S/c1-27(2)20-26-19(28)18(31-20)10-12-4-7-16(17(9-12)29-3)30-15-6-5-13(11-25)8-14(15)21(22,23)24/h4-10H,1-3H3/b18-10+. The van der Waals surface area contributed by atoms with Crippen LogP contribution in [0, 0.1) is 11.3 Å². The maximum absolute atomic E-state index is 13.4. The molecule has 0 aliphatic carbocycles. The number of amidine groups is 1. The van der Waals surface area contributed by atoms with Crippen molar-refractivity contribution in [3.63, 3.8) is 0 Å². The van der Waals surface area contributed by atoms with Gasteiger partial charge in [-0.3, -0.25) is 4.79 Å². The van der Waals surface area contributed by atoms with Crippen molar-refractivity contribution in [3.8, 4) is 23.3 Å². The van der Waals surface area contributed by atoms with Crippen LogP contribution >= 0.6 is 11.8 Å². The van der Waals surface area contributed by atoms with E-state index >= 15 is 0 Å².